The SMILES string of the molecule is CC1(CCCCI)OC(=O)c2ccoc21. The molecule has 82 valence electrons. The lowest BCUT2D eigenvalue weighted by atomic mass is 9.96. The number of alkyl halides is 1. The standard InChI is InChI=1S/C11H13IO3/c1-11(5-2-3-6-12)9-8(4-7-14-9)10(13)15-11/h4,7H,2-3,5-6H2,1H3. The fraction of sp³-hybridized carbons (Fsp3) is 0.545. The van der Waals surface area contributed by atoms with Crippen molar-refractivity contribution in [2.24, 2.45) is 0 Å². The lowest BCUT2D eigenvalue weighted by molar-refractivity contribution is -0.0128. The fourth-order valence-corrected chi connectivity index (χ4v) is 2.45. The van der Waals surface area contributed by atoms with E-state index in [1.165, 1.54) is 0 Å². The zero-order valence-corrected chi connectivity index (χ0v) is 10.7. The van der Waals surface area contributed by atoms with E-state index >= 15 is 0 Å². The number of unbranched alkanes of at least 4 members (excludes halogenated alkanes) is 1. The van der Waals surface area contributed by atoms with Crippen LogP contribution in [0.4, 0.5) is 0 Å². The number of ether oxygens (including phenoxy) is 1. The summed E-state index contributed by atoms with van der Waals surface area (Å²) in [6.07, 6.45) is 4.58. The molecule has 1 aliphatic heterocycles. The summed E-state index contributed by atoms with van der Waals surface area (Å²) in [5.74, 6) is 0.441. The van der Waals surface area contributed by atoms with E-state index in [2.05, 4.69) is 22.6 Å². The highest BCUT2D eigenvalue weighted by molar-refractivity contribution is 14.1. The summed E-state index contributed by atoms with van der Waals surface area (Å²) in [7, 11) is 0. The summed E-state index contributed by atoms with van der Waals surface area (Å²) in [5, 5.41) is 0. The summed E-state index contributed by atoms with van der Waals surface area (Å²) in [6, 6.07) is 1.68. The zero-order chi connectivity index (χ0) is 10.9. The quantitative estimate of drug-likeness (QED) is 0.370. The van der Waals surface area contributed by atoms with E-state index in [0.29, 0.717) is 11.3 Å². The second-order valence-corrected chi connectivity index (χ2v) is 5.01. The van der Waals surface area contributed by atoms with E-state index in [4.69, 9.17) is 9.15 Å². The molecule has 1 aliphatic rings. The van der Waals surface area contributed by atoms with E-state index in [-0.39, 0.29) is 5.97 Å². The molecule has 1 unspecified atom stereocenters. The maximum absolute atomic E-state index is 11.5. The normalized spacial score (nSPS) is 24.0. The van der Waals surface area contributed by atoms with Crippen LogP contribution in [0.5, 0.6) is 0 Å². The summed E-state index contributed by atoms with van der Waals surface area (Å²) >= 11 is 2.35. The fourth-order valence-electron chi connectivity index (χ4n) is 1.91. The number of furan rings is 1. The molecule has 1 aromatic rings. The van der Waals surface area contributed by atoms with Crippen molar-refractivity contribution in [2.75, 3.05) is 4.43 Å². The van der Waals surface area contributed by atoms with Gasteiger partial charge in [0.1, 0.15) is 5.56 Å². The molecule has 0 radical (unpaired) electrons. The van der Waals surface area contributed by atoms with Crippen LogP contribution in [0.3, 0.4) is 0 Å². The number of carbonyl (C=O) groups is 1. The number of esters is 1. The molecule has 0 N–H and O–H groups in total. The molecule has 2 heterocycles. The van der Waals surface area contributed by atoms with Gasteiger partial charge in [0.2, 0.25) is 0 Å². The van der Waals surface area contributed by atoms with Gasteiger partial charge in [0, 0.05) is 0 Å². The third-order valence-corrected chi connectivity index (χ3v) is 3.48. The first-order chi connectivity index (χ1) is 7.17. The molecule has 0 spiro atoms. The molecule has 3 nitrogen and oxygen atoms in total. The lowest BCUT2D eigenvalue weighted by Crippen LogP contribution is -2.21. The Balaban J connectivity index is 2.14. The monoisotopic (exact) mass is 320 g/mol. The molecule has 0 saturated heterocycles. The third kappa shape index (κ3) is 1.91. The minimum absolute atomic E-state index is 0.254. The van der Waals surface area contributed by atoms with Crippen LogP contribution in [0, 0.1) is 0 Å². The molecule has 0 aliphatic carbocycles. The highest BCUT2D eigenvalue weighted by atomic mass is 127. The van der Waals surface area contributed by atoms with Crippen LogP contribution in [0.25, 0.3) is 0 Å². The van der Waals surface area contributed by atoms with Gasteiger partial charge in [0.05, 0.1) is 6.26 Å². The molecule has 0 fully saturated rings. The number of halogens is 1. The van der Waals surface area contributed by atoms with Crippen LogP contribution in [-0.2, 0) is 10.3 Å². The largest absolute Gasteiger partial charge is 0.464 e. The van der Waals surface area contributed by atoms with Gasteiger partial charge in [-0.05, 0) is 36.7 Å². The van der Waals surface area contributed by atoms with Gasteiger partial charge >= 0.3 is 5.97 Å². The van der Waals surface area contributed by atoms with Gasteiger partial charge < -0.3 is 9.15 Å². The predicted octanol–water partition coefficient (Wildman–Crippen LogP) is 3.27. The Bertz CT molecular complexity index is 372. The maximum atomic E-state index is 11.5. The summed E-state index contributed by atoms with van der Waals surface area (Å²) in [4.78, 5) is 11.5. The van der Waals surface area contributed by atoms with Crippen molar-refractivity contribution in [3.63, 3.8) is 0 Å². The Kier molecular flexibility index (Phi) is 3.04. The molecule has 1 aromatic heterocycles. The second-order valence-electron chi connectivity index (χ2n) is 3.93. The smallest absolute Gasteiger partial charge is 0.342 e. The number of fused-ring (bicyclic) bond motifs is 1. The first kappa shape index (κ1) is 11.0. The third-order valence-electron chi connectivity index (χ3n) is 2.72. The molecular formula is C11H13IO3. The van der Waals surface area contributed by atoms with Crippen molar-refractivity contribution in [2.45, 2.75) is 31.8 Å². The minimum Gasteiger partial charge on any atom is -0.464 e. The lowest BCUT2D eigenvalue weighted by Gasteiger charge is -2.21. The molecule has 4 heteroatoms. The summed E-state index contributed by atoms with van der Waals surface area (Å²) < 4.78 is 11.8. The van der Waals surface area contributed by atoms with Gasteiger partial charge in [-0.3, -0.25) is 0 Å². The van der Waals surface area contributed by atoms with Gasteiger partial charge in [-0.2, -0.15) is 0 Å². The van der Waals surface area contributed by atoms with Crippen molar-refractivity contribution >= 4 is 28.6 Å². The van der Waals surface area contributed by atoms with Gasteiger partial charge in [0.25, 0.3) is 0 Å². The zero-order valence-electron chi connectivity index (χ0n) is 8.59. The Morgan fingerprint density at radius 1 is 1.47 bits per heavy atom. The van der Waals surface area contributed by atoms with E-state index < -0.39 is 5.60 Å². The molecule has 1 atom stereocenters. The average Bonchev–Trinajstić information content (AvgIpc) is 2.73. The second kappa shape index (κ2) is 4.15. The Morgan fingerprint density at radius 2 is 2.27 bits per heavy atom. The Hall–Kier alpha value is -0.520. The molecule has 0 bridgehead atoms. The Morgan fingerprint density at radius 3 is 3.00 bits per heavy atom. The van der Waals surface area contributed by atoms with Crippen LogP contribution < -0.4 is 0 Å². The molecule has 0 aromatic carbocycles. The average molecular weight is 320 g/mol. The Labute approximate surface area is 102 Å². The summed E-state index contributed by atoms with van der Waals surface area (Å²) in [6.45, 7) is 1.92. The van der Waals surface area contributed by atoms with Gasteiger partial charge in [-0.15, -0.1) is 0 Å². The molecule has 0 saturated carbocycles. The number of rotatable bonds is 4. The van der Waals surface area contributed by atoms with Gasteiger partial charge in [0.15, 0.2) is 11.4 Å². The topological polar surface area (TPSA) is 39.4 Å². The highest BCUT2D eigenvalue weighted by Gasteiger charge is 2.44. The van der Waals surface area contributed by atoms with Crippen molar-refractivity contribution in [1.82, 2.24) is 0 Å². The van der Waals surface area contributed by atoms with Crippen molar-refractivity contribution in [1.29, 1.82) is 0 Å². The molecular weight excluding hydrogens is 307 g/mol. The van der Waals surface area contributed by atoms with Crippen molar-refractivity contribution < 1.29 is 13.9 Å². The maximum Gasteiger partial charge on any atom is 0.342 e. The molecule has 15 heavy (non-hydrogen) atoms. The van der Waals surface area contributed by atoms with Crippen LogP contribution in [-0.4, -0.2) is 10.4 Å². The van der Waals surface area contributed by atoms with Gasteiger partial charge in [-0.25, -0.2) is 4.79 Å². The first-order valence-electron chi connectivity index (χ1n) is 5.05. The van der Waals surface area contributed by atoms with Crippen LogP contribution in [0.2, 0.25) is 0 Å². The van der Waals surface area contributed by atoms with Crippen molar-refractivity contribution in [3.05, 3.63) is 23.7 Å². The highest BCUT2D eigenvalue weighted by Crippen LogP contribution is 2.40. The van der Waals surface area contributed by atoms with Crippen molar-refractivity contribution in [3.8, 4) is 0 Å². The van der Waals surface area contributed by atoms with E-state index in [1.54, 1.807) is 12.3 Å². The minimum atomic E-state index is -0.540. The van der Waals surface area contributed by atoms with Gasteiger partial charge in [-0.1, -0.05) is 22.6 Å². The number of hydrogen-bond donors (Lipinski definition) is 0. The number of cyclic esters (lactones) is 1. The van der Waals surface area contributed by atoms with Crippen LogP contribution in [0.1, 0.15) is 42.3 Å². The summed E-state index contributed by atoms with van der Waals surface area (Å²) in [5.41, 5.74) is 0.0498. The first-order valence-corrected chi connectivity index (χ1v) is 6.57. The van der Waals surface area contributed by atoms with Crippen LogP contribution >= 0.6 is 22.6 Å². The number of carbonyl (C=O) groups excluding carboxylic acids is 1. The van der Waals surface area contributed by atoms with E-state index in [9.17, 15) is 4.79 Å². The molecule has 2 rings (SSSR count). The number of hydrogen-bond acceptors (Lipinski definition) is 3. The predicted molar refractivity (Wildman–Crippen MR) is 64.2 cm³/mol. The van der Waals surface area contributed by atoms with E-state index in [1.807, 2.05) is 6.92 Å². The van der Waals surface area contributed by atoms with E-state index in [0.717, 1.165) is 23.7 Å². The van der Waals surface area contributed by atoms with Crippen LogP contribution in [0.15, 0.2) is 16.7 Å². The molecule has 0 amide bonds.